The molecule has 0 saturated carbocycles. The standard InChI is InChI=1S/C12H11BrO3/c1-15-10-6-4-7-8(12(10)16-2)3-5-9(13)11(7)14/h3-6,14H,1-2H3. The Morgan fingerprint density at radius 3 is 2.31 bits per heavy atom. The SMILES string of the molecule is COc1ccc2c(O)c(Br)ccc2c1OC. The number of aromatic hydroxyl groups is 1. The second-order valence-electron chi connectivity index (χ2n) is 3.29. The highest BCUT2D eigenvalue weighted by molar-refractivity contribution is 9.10. The largest absolute Gasteiger partial charge is 0.506 e. The van der Waals surface area contributed by atoms with Gasteiger partial charge in [0.2, 0.25) is 0 Å². The van der Waals surface area contributed by atoms with Gasteiger partial charge in [0.1, 0.15) is 5.75 Å². The minimum atomic E-state index is 0.207. The van der Waals surface area contributed by atoms with E-state index in [1.54, 1.807) is 32.4 Å². The van der Waals surface area contributed by atoms with Crippen molar-refractivity contribution in [3.05, 3.63) is 28.7 Å². The van der Waals surface area contributed by atoms with Gasteiger partial charge in [0.25, 0.3) is 0 Å². The van der Waals surface area contributed by atoms with Crippen LogP contribution in [0.3, 0.4) is 0 Å². The number of phenols is 1. The molecule has 1 N–H and O–H groups in total. The van der Waals surface area contributed by atoms with Crippen LogP contribution in [0.4, 0.5) is 0 Å². The molecule has 2 rings (SSSR count). The molecule has 0 aliphatic heterocycles. The zero-order valence-corrected chi connectivity index (χ0v) is 10.5. The Morgan fingerprint density at radius 2 is 1.69 bits per heavy atom. The summed E-state index contributed by atoms with van der Waals surface area (Å²) in [6.45, 7) is 0. The summed E-state index contributed by atoms with van der Waals surface area (Å²) >= 11 is 3.28. The summed E-state index contributed by atoms with van der Waals surface area (Å²) in [4.78, 5) is 0. The fourth-order valence-electron chi connectivity index (χ4n) is 1.69. The first kappa shape index (κ1) is 11.1. The van der Waals surface area contributed by atoms with Crippen molar-refractivity contribution in [2.24, 2.45) is 0 Å². The van der Waals surface area contributed by atoms with E-state index in [1.165, 1.54) is 0 Å². The third kappa shape index (κ3) is 1.59. The molecule has 0 aromatic heterocycles. The van der Waals surface area contributed by atoms with Gasteiger partial charge in [-0.2, -0.15) is 0 Å². The quantitative estimate of drug-likeness (QED) is 0.918. The van der Waals surface area contributed by atoms with Crippen LogP contribution in [0.15, 0.2) is 28.7 Å². The molecule has 4 heteroatoms. The van der Waals surface area contributed by atoms with Crippen molar-refractivity contribution in [3.8, 4) is 17.2 Å². The summed E-state index contributed by atoms with van der Waals surface area (Å²) in [6.07, 6.45) is 0. The van der Waals surface area contributed by atoms with Gasteiger partial charge in [0, 0.05) is 10.8 Å². The molecular weight excluding hydrogens is 272 g/mol. The molecule has 0 unspecified atom stereocenters. The Hall–Kier alpha value is -1.42. The van der Waals surface area contributed by atoms with Crippen molar-refractivity contribution in [3.63, 3.8) is 0 Å². The number of benzene rings is 2. The number of phenolic OH excluding ortho intramolecular Hbond substituents is 1. The topological polar surface area (TPSA) is 38.7 Å². The fraction of sp³-hybridized carbons (Fsp3) is 0.167. The van der Waals surface area contributed by atoms with E-state index >= 15 is 0 Å². The van der Waals surface area contributed by atoms with Gasteiger partial charge in [-0.05, 0) is 40.2 Å². The van der Waals surface area contributed by atoms with Crippen LogP contribution in [-0.4, -0.2) is 19.3 Å². The van der Waals surface area contributed by atoms with Crippen molar-refractivity contribution in [2.75, 3.05) is 14.2 Å². The van der Waals surface area contributed by atoms with Gasteiger partial charge >= 0.3 is 0 Å². The summed E-state index contributed by atoms with van der Waals surface area (Å²) in [6, 6.07) is 7.23. The number of hydrogen-bond donors (Lipinski definition) is 1. The number of rotatable bonds is 2. The molecule has 0 fully saturated rings. The van der Waals surface area contributed by atoms with E-state index in [0.717, 1.165) is 10.8 Å². The molecule has 84 valence electrons. The first-order valence-electron chi connectivity index (χ1n) is 4.71. The summed E-state index contributed by atoms with van der Waals surface area (Å²) < 4.78 is 11.1. The Labute approximate surface area is 102 Å². The average Bonchev–Trinajstić information content (AvgIpc) is 2.32. The molecule has 0 bridgehead atoms. The Balaban J connectivity index is 2.84. The number of methoxy groups -OCH3 is 2. The van der Waals surface area contributed by atoms with Crippen LogP contribution in [0.1, 0.15) is 0 Å². The third-order valence-electron chi connectivity index (χ3n) is 2.46. The lowest BCUT2D eigenvalue weighted by Crippen LogP contribution is -1.91. The minimum Gasteiger partial charge on any atom is -0.506 e. The molecule has 0 amide bonds. The number of fused-ring (bicyclic) bond motifs is 1. The normalized spacial score (nSPS) is 10.4. The monoisotopic (exact) mass is 282 g/mol. The van der Waals surface area contributed by atoms with E-state index in [-0.39, 0.29) is 5.75 Å². The highest BCUT2D eigenvalue weighted by atomic mass is 79.9. The average molecular weight is 283 g/mol. The van der Waals surface area contributed by atoms with Crippen molar-refractivity contribution in [2.45, 2.75) is 0 Å². The molecule has 0 radical (unpaired) electrons. The third-order valence-corrected chi connectivity index (χ3v) is 3.10. The predicted octanol–water partition coefficient (Wildman–Crippen LogP) is 3.33. The van der Waals surface area contributed by atoms with E-state index in [1.807, 2.05) is 6.07 Å². The van der Waals surface area contributed by atoms with E-state index in [0.29, 0.717) is 16.0 Å². The van der Waals surface area contributed by atoms with Crippen molar-refractivity contribution in [1.82, 2.24) is 0 Å². The highest BCUT2D eigenvalue weighted by Crippen LogP contribution is 2.41. The fourth-order valence-corrected chi connectivity index (χ4v) is 2.03. The molecule has 16 heavy (non-hydrogen) atoms. The number of hydrogen-bond acceptors (Lipinski definition) is 3. The maximum absolute atomic E-state index is 9.90. The maximum atomic E-state index is 9.90. The van der Waals surface area contributed by atoms with Gasteiger partial charge in [-0.25, -0.2) is 0 Å². The molecule has 0 atom stereocenters. The van der Waals surface area contributed by atoms with Gasteiger partial charge in [-0.3, -0.25) is 0 Å². The van der Waals surface area contributed by atoms with E-state index in [9.17, 15) is 5.11 Å². The van der Waals surface area contributed by atoms with Crippen molar-refractivity contribution >= 4 is 26.7 Å². The highest BCUT2D eigenvalue weighted by Gasteiger charge is 2.12. The summed E-state index contributed by atoms with van der Waals surface area (Å²) in [7, 11) is 3.17. The summed E-state index contributed by atoms with van der Waals surface area (Å²) in [5.74, 6) is 1.48. The zero-order valence-electron chi connectivity index (χ0n) is 8.95. The maximum Gasteiger partial charge on any atom is 0.168 e. The number of ether oxygens (including phenoxy) is 2. The van der Waals surface area contributed by atoms with Gasteiger partial charge in [0.05, 0.1) is 18.7 Å². The first-order chi connectivity index (χ1) is 7.69. The van der Waals surface area contributed by atoms with Gasteiger partial charge in [-0.15, -0.1) is 0 Å². The minimum absolute atomic E-state index is 0.207. The lowest BCUT2D eigenvalue weighted by atomic mass is 10.1. The molecule has 0 aliphatic rings. The van der Waals surface area contributed by atoms with Gasteiger partial charge in [0.15, 0.2) is 11.5 Å². The Kier molecular flexibility index (Phi) is 2.92. The van der Waals surface area contributed by atoms with Crippen molar-refractivity contribution < 1.29 is 14.6 Å². The van der Waals surface area contributed by atoms with Crippen LogP contribution in [0.25, 0.3) is 10.8 Å². The second-order valence-corrected chi connectivity index (χ2v) is 4.15. The van der Waals surface area contributed by atoms with Crippen LogP contribution in [0.2, 0.25) is 0 Å². The van der Waals surface area contributed by atoms with Crippen LogP contribution < -0.4 is 9.47 Å². The molecule has 2 aromatic rings. The lowest BCUT2D eigenvalue weighted by Gasteiger charge is -2.11. The van der Waals surface area contributed by atoms with Crippen LogP contribution in [-0.2, 0) is 0 Å². The second kappa shape index (κ2) is 4.22. The van der Waals surface area contributed by atoms with Gasteiger partial charge < -0.3 is 14.6 Å². The summed E-state index contributed by atoms with van der Waals surface area (Å²) in [5.41, 5.74) is 0. The Bertz CT molecular complexity index is 537. The zero-order chi connectivity index (χ0) is 11.7. The van der Waals surface area contributed by atoms with E-state index in [2.05, 4.69) is 15.9 Å². The molecule has 0 aliphatic carbocycles. The molecule has 0 heterocycles. The van der Waals surface area contributed by atoms with Crippen LogP contribution in [0.5, 0.6) is 17.2 Å². The number of halogens is 1. The molecule has 3 nitrogen and oxygen atoms in total. The smallest absolute Gasteiger partial charge is 0.168 e. The first-order valence-corrected chi connectivity index (χ1v) is 5.50. The van der Waals surface area contributed by atoms with E-state index < -0.39 is 0 Å². The summed E-state index contributed by atoms with van der Waals surface area (Å²) in [5, 5.41) is 11.4. The predicted molar refractivity (Wildman–Crippen MR) is 66.4 cm³/mol. The van der Waals surface area contributed by atoms with Crippen LogP contribution >= 0.6 is 15.9 Å². The molecule has 2 aromatic carbocycles. The van der Waals surface area contributed by atoms with Crippen LogP contribution in [0, 0.1) is 0 Å². The van der Waals surface area contributed by atoms with Gasteiger partial charge in [-0.1, -0.05) is 0 Å². The Morgan fingerprint density at radius 1 is 1.00 bits per heavy atom. The molecule has 0 spiro atoms. The lowest BCUT2D eigenvalue weighted by molar-refractivity contribution is 0.358. The molecule has 0 saturated heterocycles. The molecular formula is C12H11BrO3. The van der Waals surface area contributed by atoms with Crippen molar-refractivity contribution in [1.29, 1.82) is 0 Å². The van der Waals surface area contributed by atoms with E-state index in [4.69, 9.17) is 9.47 Å².